The number of amides is 1. The number of hydrogen-bond acceptors (Lipinski definition) is 4. The topological polar surface area (TPSA) is 75.1 Å². The summed E-state index contributed by atoms with van der Waals surface area (Å²) in [6, 6.07) is 21.4. The summed E-state index contributed by atoms with van der Waals surface area (Å²) in [6.45, 7) is 0.956. The molecule has 1 aliphatic rings. The first-order chi connectivity index (χ1) is 17.6. The largest absolute Gasteiger partial charge is 0.352 e. The smallest absolute Gasteiger partial charge is 0.226 e. The monoisotopic (exact) mass is 500 g/mol. The molecule has 1 amide bonds. The first kappa shape index (κ1) is 23.6. The number of para-hydroxylation sites is 1. The summed E-state index contributed by atoms with van der Waals surface area (Å²) in [4.78, 5) is 23.7. The highest BCUT2D eigenvalue weighted by Gasteiger charge is 2.41. The van der Waals surface area contributed by atoms with Crippen molar-refractivity contribution in [3.8, 4) is 0 Å². The number of thiocarbonyl (C=S) groups is 1. The third kappa shape index (κ3) is 5.11. The van der Waals surface area contributed by atoms with E-state index in [0.717, 1.165) is 17.1 Å². The molecule has 2 unspecified atom stereocenters. The summed E-state index contributed by atoms with van der Waals surface area (Å²) >= 11 is 5.72. The SMILES string of the molecule is O=C(CCN1C(=S)NC(c2ccccn2)C1c1cccn1Cc1ccccn1)Nc1ccccc1F. The van der Waals surface area contributed by atoms with E-state index in [1.165, 1.54) is 6.07 Å². The highest BCUT2D eigenvalue weighted by atomic mass is 32.1. The molecule has 0 radical (unpaired) electrons. The maximum atomic E-state index is 14.0. The van der Waals surface area contributed by atoms with Crippen molar-refractivity contribution >= 4 is 28.9 Å². The molecule has 0 spiro atoms. The van der Waals surface area contributed by atoms with E-state index in [4.69, 9.17) is 12.2 Å². The summed E-state index contributed by atoms with van der Waals surface area (Å²) in [6.07, 6.45) is 5.70. The van der Waals surface area contributed by atoms with Crippen molar-refractivity contribution in [2.75, 3.05) is 11.9 Å². The second kappa shape index (κ2) is 10.7. The fourth-order valence-corrected chi connectivity index (χ4v) is 4.80. The molecule has 1 saturated heterocycles. The summed E-state index contributed by atoms with van der Waals surface area (Å²) in [7, 11) is 0. The zero-order valence-electron chi connectivity index (χ0n) is 19.4. The molecule has 9 heteroatoms. The predicted octanol–water partition coefficient (Wildman–Crippen LogP) is 4.47. The number of halogens is 1. The minimum absolute atomic E-state index is 0.141. The Bertz CT molecular complexity index is 1350. The molecule has 36 heavy (non-hydrogen) atoms. The highest BCUT2D eigenvalue weighted by Crippen LogP contribution is 2.39. The van der Waals surface area contributed by atoms with Crippen molar-refractivity contribution in [3.63, 3.8) is 0 Å². The van der Waals surface area contributed by atoms with Gasteiger partial charge in [-0.25, -0.2) is 4.39 Å². The Labute approximate surface area is 214 Å². The van der Waals surface area contributed by atoms with Crippen LogP contribution in [0.5, 0.6) is 0 Å². The number of rotatable bonds is 8. The van der Waals surface area contributed by atoms with E-state index >= 15 is 0 Å². The molecule has 0 bridgehead atoms. The third-order valence-corrected chi connectivity index (χ3v) is 6.50. The van der Waals surface area contributed by atoms with E-state index < -0.39 is 5.82 Å². The van der Waals surface area contributed by atoms with Crippen LogP contribution in [0.25, 0.3) is 0 Å². The van der Waals surface area contributed by atoms with E-state index in [2.05, 4.69) is 31.2 Å². The quantitative estimate of drug-likeness (QED) is 0.348. The number of benzene rings is 1. The van der Waals surface area contributed by atoms with Gasteiger partial charge in [0.25, 0.3) is 0 Å². The van der Waals surface area contributed by atoms with Crippen molar-refractivity contribution in [1.82, 2.24) is 24.8 Å². The Balaban J connectivity index is 1.40. The van der Waals surface area contributed by atoms with Gasteiger partial charge in [-0.05, 0) is 60.7 Å². The lowest BCUT2D eigenvalue weighted by molar-refractivity contribution is -0.116. The number of nitrogens with one attached hydrogen (secondary N) is 2. The molecule has 1 aromatic carbocycles. The van der Waals surface area contributed by atoms with E-state index in [0.29, 0.717) is 18.2 Å². The van der Waals surface area contributed by atoms with Crippen LogP contribution < -0.4 is 10.6 Å². The van der Waals surface area contributed by atoms with Crippen molar-refractivity contribution < 1.29 is 9.18 Å². The minimum Gasteiger partial charge on any atom is -0.352 e. The molecule has 0 saturated carbocycles. The van der Waals surface area contributed by atoms with Crippen molar-refractivity contribution in [2.24, 2.45) is 0 Å². The first-order valence-corrected chi connectivity index (χ1v) is 12.1. The lowest BCUT2D eigenvalue weighted by atomic mass is 10.0. The van der Waals surface area contributed by atoms with Crippen LogP contribution in [0.3, 0.4) is 0 Å². The molecular formula is C27H25FN6OS. The van der Waals surface area contributed by atoms with Crippen molar-refractivity contribution in [1.29, 1.82) is 0 Å². The Hall–Kier alpha value is -4.11. The Morgan fingerprint density at radius 1 is 1.00 bits per heavy atom. The molecule has 3 aromatic heterocycles. The maximum Gasteiger partial charge on any atom is 0.226 e. The second-order valence-corrected chi connectivity index (χ2v) is 8.87. The molecule has 2 N–H and O–H groups in total. The number of carbonyl (C=O) groups is 1. The van der Waals surface area contributed by atoms with Gasteiger partial charge < -0.3 is 20.1 Å². The number of carbonyl (C=O) groups excluding carboxylic acids is 1. The van der Waals surface area contributed by atoms with Gasteiger partial charge >= 0.3 is 0 Å². The van der Waals surface area contributed by atoms with Gasteiger partial charge in [-0.2, -0.15) is 0 Å². The van der Waals surface area contributed by atoms with Crippen LogP contribution in [0.1, 0.15) is 35.6 Å². The summed E-state index contributed by atoms with van der Waals surface area (Å²) in [5, 5.41) is 6.60. The van der Waals surface area contributed by atoms with Gasteiger partial charge in [0.2, 0.25) is 5.91 Å². The molecular weight excluding hydrogens is 475 g/mol. The van der Waals surface area contributed by atoms with Gasteiger partial charge in [0.15, 0.2) is 5.11 Å². The van der Waals surface area contributed by atoms with Crippen LogP contribution in [0, 0.1) is 5.82 Å². The molecule has 4 heterocycles. The average Bonchev–Trinajstić information content (AvgIpc) is 3.48. The Morgan fingerprint density at radius 2 is 1.78 bits per heavy atom. The van der Waals surface area contributed by atoms with E-state index in [9.17, 15) is 9.18 Å². The normalized spacial score (nSPS) is 17.1. The third-order valence-electron chi connectivity index (χ3n) is 6.15. The van der Waals surface area contributed by atoms with Crippen molar-refractivity contribution in [2.45, 2.75) is 25.0 Å². The number of aromatic nitrogens is 3. The van der Waals surface area contributed by atoms with Crippen LogP contribution in [-0.2, 0) is 11.3 Å². The van der Waals surface area contributed by atoms with Gasteiger partial charge in [0.1, 0.15) is 5.82 Å². The Kier molecular flexibility index (Phi) is 6.99. The predicted molar refractivity (Wildman–Crippen MR) is 140 cm³/mol. The van der Waals surface area contributed by atoms with Crippen LogP contribution in [0.2, 0.25) is 0 Å². The zero-order chi connectivity index (χ0) is 24.9. The second-order valence-electron chi connectivity index (χ2n) is 8.48. The summed E-state index contributed by atoms with van der Waals surface area (Å²) in [5.74, 6) is -0.753. The highest BCUT2D eigenvalue weighted by molar-refractivity contribution is 7.80. The van der Waals surface area contributed by atoms with Gasteiger partial charge in [-0.3, -0.25) is 14.8 Å². The molecule has 7 nitrogen and oxygen atoms in total. The number of anilines is 1. The van der Waals surface area contributed by atoms with Gasteiger partial charge in [0.05, 0.1) is 35.7 Å². The van der Waals surface area contributed by atoms with Crippen LogP contribution in [-0.4, -0.2) is 37.0 Å². The lowest BCUT2D eigenvalue weighted by Crippen LogP contribution is -2.33. The molecule has 182 valence electrons. The van der Waals surface area contributed by atoms with Gasteiger partial charge in [0, 0.05) is 37.3 Å². The average molecular weight is 501 g/mol. The van der Waals surface area contributed by atoms with E-state index in [1.807, 2.05) is 53.6 Å². The molecule has 0 aliphatic carbocycles. The molecule has 4 aromatic rings. The number of hydrogen-bond donors (Lipinski definition) is 2. The molecule has 1 aliphatic heterocycles. The first-order valence-electron chi connectivity index (χ1n) is 11.7. The molecule has 2 atom stereocenters. The maximum absolute atomic E-state index is 14.0. The lowest BCUT2D eigenvalue weighted by Gasteiger charge is -2.28. The minimum atomic E-state index is -0.468. The van der Waals surface area contributed by atoms with Crippen molar-refractivity contribution in [3.05, 3.63) is 114 Å². The van der Waals surface area contributed by atoms with Gasteiger partial charge in [-0.15, -0.1) is 0 Å². The molecule has 1 fully saturated rings. The fourth-order valence-electron chi connectivity index (χ4n) is 4.47. The van der Waals surface area contributed by atoms with Gasteiger partial charge in [-0.1, -0.05) is 24.3 Å². The van der Waals surface area contributed by atoms with E-state index in [-0.39, 0.29) is 30.1 Å². The fraction of sp³-hybridized carbons (Fsp3) is 0.185. The van der Waals surface area contributed by atoms with E-state index in [1.54, 1.807) is 30.6 Å². The Morgan fingerprint density at radius 3 is 2.53 bits per heavy atom. The number of nitrogens with zero attached hydrogens (tertiary/aromatic N) is 4. The zero-order valence-corrected chi connectivity index (χ0v) is 20.2. The standard InChI is InChI=1S/C27H25FN6OS/c28-20-9-1-2-10-21(20)31-24(35)13-17-34-26(25(32-27(34)36)22-11-4-6-15-30-22)23-12-7-16-33(23)18-19-8-3-5-14-29-19/h1-12,14-16,25-26H,13,17-18H2,(H,31,35)(H,32,36). The summed E-state index contributed by atoms with van der Waals surface area (Å²) in [5.41, 5.74) is 2.98. The van der Waals surface area contributed by atoms with Crippen LogP contribution in [0.4, 0.5) is 10.1 Å². The molecule has 5 rings (SSSR count). The van der Waals surface area contributed by atoms with Crippen LogP contribution >= 0.6 is 12.2 Å². The number of pyridine rings is 2. The summed E-state index contributed by atoms with van der Waals surface area (Å²) < 4.78 is 16.1. The van der Waals surface area contributed by atoms with Crippen LogP contribution in [0.15, 0.2) is 91.4 Å².